The van der Waals surface area contributed by atoms with Gasteiger partial charge in [-0.15, -0.1) is 0 Å². The van der Waals surface area contributed by atoms with Crippen molar-refractivity contribution >= 4 is 34.9 Å². The lowest BCUT2D eigenvalue weighted by molar-refractivity contribution is -0.121. The molecule has 2 N–H and O–H groups in total. The number of nitrogens with two attached hydrogens (primary N) is 1. The SMILES string of the molecule is COc1ccc2c(c1)CCCN2C(=O)COC(=O)c1ccc(Cl)c(N)c1. The van der Waals surface area contributed by atoms with Crippen molar-refractivity contribution in [2.24, 2.45) is 0 Å². The molecular formula is C19H19ClN2O4. The smallest absolute Gasteiger partial charge is 0.338 e. The molecule has 6 nitrogen and oxygen atoms in total. The Morgan fingerprint density at radius 2 is 2.04 bits per heavy atom. The van der Waals surface area contributed by atoms with Crippen LogP contribution in [0.3, 0.4) is 0 Å². The van der Waals surface area contributed by atoms with Crippen LogP contribution in [0.25, 0.3) is 0 Å². The summed E-state index contributed by atoms with van der Waals surface area (Å²) in [7, 11) is 1.61. The van der Waals surface area contributed by atoms with Crippen molar-refractivity contribution in [2.75, 3.05) is 30.9 Å². The summed E-state index contributed by atoms with van der Waals surface area (Å²) in [5, 5.41) is 0.359. The normalized spacial score (nSPS) is 13.1. The summed E-state index contributed by atoms with van der Waals surface area (Å²) in [4.78, 5) is 26.3. The van der Waals surface area contributed by atoms with Crippen molar-refractivity contribution in [2.45, 2.75) is 12.8 Å². The fraction of sp³-hybridized carbons (Fsp3) is 0.263. The Labute approximate surface area is 156 Å². The van der Waals surface area contributed by atoms with Gasteiger partial charge in [0.15, 0.2) is 6.61 Å². The molecule has 1 aliphatic heterocycles. The molecule has 7 heteroatoms. The minimum atomic E-state index is -0.617. The molecule has 1 amide bonds. The number of esters is 1. The van der Waals surface area contributed by atoms with E-state index < -0.39 is 5.97 Å². The van der Waals surface area contributed by atoms with E-state index in [0.29, 0.717) is 11.6 Å². The summed E-state index contributed by atoms with van der Waals surface area (Å²) in [6.45, 7) is 0.246. The lowest BCUT2D eigenvalue weighted by Crippen LogP contribution is -2.38. The lowest BCUT2D eigenvalue weighted by atomic mass is 10.0. The van der Waals surface area contributed by atoms with E-state index in [-0.39, 0.29) is 23.8 Å². The molecule has 0 radical (unpaired) electrons. The molecule has 0 aliphatic carbocycles. The van der Waals surface area contributed by atoms with E-state index in [9.17, 15) is 9.59 Å². The summed E-state index contributed by atoms with van der Waals surface area (Å²) >= 11 is 5.84. The van der Waals surface area contributed by atoms with Gasteiger partial charge in [-0.25, -0.2) is 4.79 Å². The number of carbonyl (C=O) groups is 2. The van der Waals surface area contributed by atoms with Gasteiger partial charge in [0.25, 0.3) is 5.91 Å². The number of amides is 1. The van der Waals surface area contributed by atoms with Gasteiger partial charge in [0.05, 0.1) is 23.4 Å². The second-order valence-corrected chi connectivity index (χ2v) is 6.36. The minimum Gasteiger partial charge on any atom is -0.497 e. The third-order valence-corrected chi connectivity index (χ3v) is 4.61. The first-order valence-electron chi connectivity index (χ1n) is 8.19. The van der Waals surface area contributed by atoms with Gasteiger partial charge in [-0.1, -0.05) is 11.6 Å². The number of carbonyl (C=O) groups excluding carboxylic acids is 2. The average molecular weight is 375 g/mol. The highest BCUT2D eigenvalue weighted by atomic mass is 35.5. The Hall–Kier alpha value is -2.73. The molecule has 1 aliphatic rings. The minimum absolute atomic E-state index is 0.253. The zero-order chi connectivity index (χ0) is 18.7. The van der Waals surface area contributed by atoms with Gasteiger partial charge >= 0.3 is 5.97 Å². The van der Waals surface area contributed by atoms with Crippen molar-refractivity contribution < 1.29 is 19.1 Å². The number of nitrogen functional groups attached to an aromatic ring is 1. The monoisotopic (exact) mass is 374 g/mol. The number of hydrogen-bond acceptors (Lipinski definition) is 5. The van der Waals surface area contributed by atoms with Gasteiger partial charge in [-0.05, 0) is 54.8 Å². The maximum Gasteiger partial charge on any atom is 0.338 e. The quantitative estimate of drug-likeness (QED) is 0.657. The Balaban J connectivity index is 1.67. The topological polar surface area (TPSA) is 81.9 Å². The van der Waals surface area contributed by atoms with Gasteiger partial charge < -0.3 is 20.1 Å². The maximum atomic E-state index is 12.5. The van der Waals surface area contributed by atoms with Crippen LogP contribution in [0.15, 0.2) is 36.4 Å². The fourth-order valence-corrected chi connectivity index (χ4v) is 3.04. The number of ether oxygens (including phenoxy) is 2. The molecule has 0 spiro atoms. The number of aryl methyl sites for hydroxylation is 1. The van der Waals surface area contributed by atoms with Crippen molar-refractivity contribution in [1.82, 2.24) is 0 Å². The van der Waals surface area contributed by atoms with E-state index in [4.69, 9.17) is 26.8 Å². The third kappa shape index (κ3) is 3.75. The van der Waals surface area contributed by atoms with Gasteiger partial charge in [-0.3, -0.25) is 4.79 Å². The van der Waals surface area contributed by atoms with E-state index >= 15 is 0 Å². The molecule has 136 valence electrons. The maximum absolute atomic E-state index is 12.5. The first-order valence-corrected chi connectivity index (χ1v) is 8.57. The van der Waals surface area contributed by atoms with Crippen LogP contribution in [-0.2, 0) is 16.0 Å². The van der Waals surface area contributed by atoms with Crippen LogP contribution < -0.4 is 15.4 Å². The Kier molecular flexibility index (Phi) is 5.32. The number of hydrogen-bond donors (Lipinski definition) is 1. The van der Waals surface area contributed by atoms with E-state index in [1.165, 1.54) is 18.2 Å². The van der Waals surface area contributed by atoms with Gasteiger partial charge in [-0.2, -0.15) is 0 Å². The number of nitrogens with zero attached hydrogens (tertiary/aromatic N) is 1. The second-order valence-electron chi connectivity index (χ2n) is 5.96. The standard InChI is InChI=1S/C19H19ClN2O4/c1-25-14-5-7-17-12(9-14)3-2-8-22(17)18(23)11-26-19(24)13-4-6-15(20)16(21)10-13/h4-7,9-10H,2-3,8,11,21H2,1H3. The molecule has 0 aromatic heterocycles. The largest absolute Gasteiger partial charge is 0.497 e. The number of benzene rings is 2. The summed E-state index contributed by atoms with van der Waals surface area (Å²) in [5.74, 6) is -0.134. The first-order chi connectivity index (χ1) is 12.5. The van der Waals surface area contributed by atoms with Crippen molar-refractivity contribution in [1.29, 1.82) is 0 Å². The van der Waals surface area contributed by atoms with Gasteiger partial charge in [0, 0.05) is 12.2 Å². The zero-order valence-corrected chi connectivity index (χ0v) is 15.1. The second kappa shape index (κ2) is 7.66. The van der Waals surface area contributed by atoms with Crippen molar-refractivity contribution in [3.05, 3.63) is 52.5 Å². The van der Waals surface area contributed by atoms with E-state index in [1.807, 2.05) is 18.2 Å². The summed E-state index contributed by atoms with van der Waals surface area (Å²) in [5.41, 5.74) is 8.09. The third-order valence-electron chi connectivity index (χ3n) is 4.26. The van der Waals surface area contributed by atoms with Crippen LogP contribution >= 0.6 is 11.6 Å². The number of rotatable bonds is 4. The molecule has 0 bridgehead atoms. The Bertz CT molecular complexity index is 853. The van der Waals surface area contributed by atoms with Crippen molar-refractivity contribution in [3.63, 3.8) is 0 Å². The predicted octanol–water partition coefficient (Wildman–Crippen LogP) is 3.07. The van der Waals surface area contributed by atoms with Crippen molar-refractivity contribution in [3.8, 4) is 5.75 Å². The van der Waals surface area contributed by atoms with E-state index in [0.717, 1.165) is 29.8 Å². The molecule has 2 aromatic carbocycles. The van der Waals surface area contributed by atoms with Crippen LogP contribution in [0, 0.1) is 0 Å². The van der Waals surface area contributed by atoms with Gasteiger partial charge in [0.1, 0.15) is 5.75 Å². The van der Waals surface area contributed by atoms with Crippen LogP contribution in [0.5, 0.6) is 5.75 Å². The molecule has 3 rings (SSSR count). The lowest BCUT2D eigenvalue weighted by Gasteiger charge is -2.29. The Morgan fingerprint density at radius 3 is 2.77 bits per heavy atom. The highest BCUT2D eigenvalue weighted by molar-refractivity contribution is 6.33. The molecule has 2 aromatic rings. The average Bonchev–Trinajstić information content (AvgIpc) is 2.66. The summed E-state index contributed by atoms with van der Waals surface area (Å²) in [6, 6.07) is 10.0. The summed E-state index contributed by atoms with van der Waals surface area (Å²) in [6.07, 6.45) is 1.72. The molecule has 0 unspecified atom stereocenters. The molecule has 26 heavy (non-hydrogen) atoms. The molecule has 0 atom stereocenters. The summed E-state index contributed by atoms with van der Waals surface area (Å²) < 4.78 is 10.4. The van der Waals surface area contributed by atoms with Crippen LogP contribution in [0.1, 0.15) is 22.3 Å². The van der Waals surface area contributed by atoms with E-state index in [2.05, 4.69) is 0 Å². The molecular weight excluding hydrogens is 356 g/mol. The molecule has 0 fully saturated rings. The zero-order valence-electron chi connectivity index (χ0n) is 14.3. The number of anilines is 2. The predicted molar refractivity (Wildman–Crippen MR) is 99.8 cm³/mol. The van der Waals surface area contributed by atoms with Crippen LogP contribution in [0.2, 0.25) is 5.02 Å². The van der Waals surface area contributed by atoms with E-state index in [1.54, 1.807) is 12.0 Å². The highest BCUT2D eigenvalue weighted by Crippen LogP contribution is 2.30. The highest BCUT2D eigenvalue weighted by Gasteiger charge is 2.24. The fourth-order valence-electron chi connectivity index (χ4n) is 2.92. The molecule has 0 saturated carbocycles. The first kappa shape index (κ1) is 18.1. The van der Waals surface area contributed by atoms with Gasteiger partial charge in [0.2, 0.25) is 0 Å². The number of fused-ring (bicyclic) bond motifs is 1. The van der Waals surface area contributed by atoms with Crippen LogP contribution in [0.4, 0.5) is 11.4 Å². The molecule has 1 heterocycles. The number of halogens is 1. The molecule has 0 saturated heterocycles. The number of methoxy groups -OCH3 is 1. The Morgan fingerprint density at radius 1 is 1.23 bits per heavy atom. The van der Waals surface area contributed by atoms with Crippen LogP contribution in [-0.4, -0.2) is 32.1 Å².